The number of hydrogen-bond donors (Lipinski definition) is 2. The highest BCUT2D eigenvalue weighted by atomic mass is 32.1. The van der Waals surface area contributed by atoms with Gasteiger partial charge in [-0.1, -0.05) is 11.3 Å². The highest BCUT2D eigenvalue weighted by Gasteiger charge is 2.15. The van der Waals surface area contributed by atoms with E-state index in [1.54, 1.807) is 25.3 Å². The molecule has 0 spiro atoms. The first-order valence-electron chi connectivity index (χ1n) is 7.29. The lowest BCUT2D eigenvalue weighted by Gasteiger charge is -2.07. The number of carbonyl (C=O) groups is 2. The van der Waals surface area contributed by atoms with Gasteiger partial charge in [-0.3, -0.25) is 14.9 Å². The number of nitrogens with zero attached hydrogens (tertiary/aromatic N) is 1. The second kappa shape index (κ2) is 6.86. The summed E-state index contributed by atoms with van der Waals surface area (Å²) in [5.74, 6) is -0.953. The maximum atomic E-state index is 14.0. The SMILES string of the molecule is COc1ccc2nc(NC(=O)c3cc(NC(C)=O)ccc3F)sc2c1. The molecule has 0 aliphatic rings. The highest BCUT2D eigenvalue weighted by molar-refractivity contribution is 7.22. The van der Waals surface area contributed by atoms with Gasteiger partial charge in [0.25, 0.3) is 5.91 Å². The van der Waals surface area contributed by atoms with Crippen LogP contribution in [0, 0.1) is 5.82 Å². The van der Waals surface area contributed by atoms with E-state index in [4.69, 9.17) is 4.74 Å². The summed E-state index contributed by atoms with van der Waals surface area (Å²) in [6, 6.07) is 9.15. The van der Waals surface area contributed by atoms with E-state index in [1.165, 1.54) is 30.4 Å². The summed E-state index contributed by atoms with van der Waals surface area (Å²) in [6.45, 7) is 1.33. The van der Waals surface area contributed by atoms with Gasteiger partial charge >= 0.3 is 0 Å². The Kier molecular flexibility index (Phi) is 4.62. The molecule has 128 valence electrons. The molecule has 3 aromatic rings. The zero-order chi connectivity index (χ0) is 18.0. The summed E-state index contributed by atoms with van der Waals surface area (Å²) in [5.41, 5.74) is 0.866. The predicted molar refractivity (Wildman–Crippen MR) is 94.8 cm³/mol. The summed E-state index contributed by atoms with van der Waals surface area (Å²) in [4.78, 5) is 27.7. The first-order chi connectivity index (χ1) is 12.0. The molecule has 0 fully saturated rings. The number of anilines is 2. The average Bonchev–Trinajstić information content (AvgIpc) is 2.97. The molecule has 0 saturated heterocycles. The van der Waals surface area contributed by atoms with Gasteiger partial charge in [0.2, 0.25) is 5.91 Å². The number of fused-ring (bicyclic) bond motifs is 1. The van der Waals surface area contributed by atoms with Crippen molar-refractivity contribution in [2.75, 3.05) is 17.7 Å². The number of methoxy groups -OCH3 is 1. The normalized spacial score (nSPS) is 10.5. The second-order valence-corrected chi connectivity index (χ2v) is 6.21. The minimum absolute atomic E-state index is 0.178. The molecular weight excluding hydrogens is 345 g/mol. The molecule has 6 nitrogen and oxygen atoms in total. The van der Waals surface area contributed by atoms with Crippen LogP contribution in [0.3, 0.4) is 0 Å². The first-order valence-corrected chi connectivity index (χ1v) is 8.11. The van der Waals surface area contributed by atoms with Crippen molar-refractivity contribution in [3.63, 3.8) is 0 Å². The fourth-order valence-corrected chi connectivity index (χ4v) is 3.12. The maximum Gasteiger partial charge on any atom is 0.260 e. The molecule has 2 N–H and O–H groups in total. The van der Waals surface area contributed by atoms with Crippen LogP contribution in [0.4, 0.5) is 15.2 Å². The van der Waals surface area contributed by atoms with Crippen LogP contribution in [0.15, 0.2) is 36.4 Å². The molecule has 0 radical (unpaired) electrons. The number of hydrogen-bond acceptors (Lipinski definition) is 5. The van der Waals surface area contributed by atoms with Crippen molar-refractivity contribution in [3.8, 4) is 5.75 Å². The van der Waals surface area contributed by atoms with Crippen molar-refractivity contribution in [3.05, 3.63) is 47.8 Å². The number of aromatic nitrogens is 1. The molecule has 0 bridgehead atoms. The fraction of sp³-hybridized carbons (Fsp3) is 0.118. The lowest BCUT2D eigenvalue weighted by Crippen LogP contribution is -2.15. The largest absolute Gasteiger partial charge is 0.497 e. The van der Waals surface area contributed by atoms with E-state index in [0.717, 1.165) is 10.8 Å². The highest BCUT2D eigenvalue weighted by Crippen LogP contribution is 2.29. The Labute approximate surface area is 146 Å². The van der Waals surface area contributed by atoms with E-state index in [2.05, 4.69) is 15.6 Å². The molecule has 0 unspecified atom stereocenters. The number of thiazole rings is 1. The van der Waals surface area contributed by atoms with Gasteiger partial charge in [-0.25, -0.2) is 9.37 Å². The number of ether oxygens (including phenoxy) is 1. The molecule has 2 aromatic carbocycles. The van der Waals surface area contributed by atoms with Crippen LogP contribution in [0.25, 0.3) is 10.2 Å². The number of rotatable bonds is 4. The van der Waals surface area contributed by atoms with Crippen LogP contribution in [-0.4, -0.2) is 23.9 Å². The van der Waals surface area contributed by atoms with Crippen LogP contribution < -0.4 is 15.4 Å². The van der Waals surface area contributed by atoms with Crippen molar-refractivity contribution in [2.24, 2.45) is 0 Å². The minimum Gasteiger partial charge on any atom is -0.497 e. The van der Waals surface area contributed by atoms with Crippen LogP contribution in [0.5, 0.6) is 5.75 Å². The summed E-state index contributed by atoms with van der Waals surface area (Å²) in [5, 5.41) is 5.44. The van der Waals surface area contributed by atoms with Gasteiger partial charge < -0.3 is 10.1 Å². The third-order valence-corrected chi connectivity index (χ3v) is 4.28. The predicted octanol–water partition coefficient (Wildman–Crippen LogP) is 3.65. The second-order valence-electron chi connectivity index (χ2n) is 5.18. The fourth-order valence-electron chi connectivity index (χ4n) is 2.23. The topological polar surface area (TPSA) is 80.3 Å². The van der Waals surface area contributed by atoms with E-state index < -0.39 is 11.7 Å². The van der Waals surface area contributed by atoms with Crippen molar-refractivity contribution in [1.82, 2.24) is 4.98 Å². The van der Waals surface area contributed by atoms with Crippen LogP contribution in [0.1, 0.15) is 17.3 Å². The smallest absolute Gasteiger partial charge is 0.260 e. The lowest BCUT2D eigenvalue weighted by molar-refractivity contribution is -0.114. The number of carbonyl (C=O) groups excluding carboxylic acids is 2. The first kappa shape index (κ1) is 16.8. The van der Waals surface area contributed by atoms with E-state index in [-0.39, 0.29) is 11.5 Å². The maximum absolute atomic E-state index is 14.0. The zero-order valence-electron chi connectivity index (χ0n) is 13.4. The number of benzene rings is 2. The minimum atomic E-state index is -0.686. The van der Waals surface area contributed by atoms with Gasteiger partial charge in [0.1, 0.15) is 11.6 Å². The van der Waals surface area contributed by atoms with Crippen molar-refractivity contribution < 1.29 is 18.7 Å². The average molecular weight is 359 g/mol. The molecule has 0 aliphatic heterocycles. The summed E-state index contributed by atoms with van der Waals surface area (Å²) in [6.07, 6.45) is 0. The number of nitrogens with one attached hydrogen (secondary N) is 2. The van der Waals surface area contributed by atoms with Crippen LogP contribution >= 0.6 is 11.3 Å². The molecule has 0 saturated carbocycles. The van der Waals surface area contributed by atoms with Gasteiger partial charge in [0.05, 0.1) is 22.9 Å². The van der Waals surface area contributed by atoms with E-state index in [1.807, 2.05) is 0 Å². The van der Waals surface area contributed by atoms with Crippen LogP contribution in [0.2, 0.25) is 0 Å². The Balaban J connectivity index is 1.85. The molecular formula is C17H14FN3O3S. The molecule has 3 rings (SSSR count). The monoisotopic (exact) mass is 359 g/mol. The molecule has 0 atom stereocenters. The molecule has 1 aromatic heterocycles. The molecule has 1 heterocycles. The quantitative estimate of drug-likeness (QED) is 0.745. The van der Waals surface area contributed by atoms with Gasteiger partial charge in [0, 0.05) is 12.6 Å². The lowest BCUT2D eigenvalue weighted by atomic mass is 10.1. The third-order valence-electron chi connectivity index (χ3n) is 3.35. The molecule has 2 amide bonds. The number of amides is 2. The Morgan fingerprint density at radius 3 is 2.68 bits per heavy atom. The molecule has 0 aliphatic carbocycles. The van der Waals surface area contributed by atoms with E-state index in [0.29, 0.717) is 22.1 Å². The summed E-state index contributed by atoms with van der Waals surface area (Å²) >= 11 is 1.26. The summed E-state index contributed by atoms with van der Waals surface area (Å²) in [7, 11) is 1.57. The third kappa shape index (κ3) is 3.74. The van der Waals surface area contributed by atoms with E-state index in [9.17, 15) is 14.0 Å². The van der Waals surface area contributed by atoms with E-state index >= 15 is 0 Å². The van der Waals surface area contributed by atoms with Crippen molar-refractivity contribution in [2.45, 2.75) is 6.92 Å². The van der Waals surface area contributed by atoms with Gasteiger partial charge in [-0.2, -0.15) is 0 Å². The number of halogens is 1. The zero-order valence-corrected chi connectivity index (χ0v) is 14.2. The Morgan fingerprint density at radius 2 is 1.96 bits per heavy atom. The van der Waals surface area contributed by atoms with Crippen molar-refractivity contribution >= 4 is 44.2 Å². The molecule has 25 heavy (non-hydrogen) atoms. The molecule has 8 heteroatoms. The van der Waals surface area contributed by atoms with Crippen molar-refractivity contribution in [1.29, 1.82) is 0 Å². The standard InChI is InChI=1S/C17H14FN3O3S/c1-9(22)19-10-3-5-13(18)12(7-10)16(23)21-17-20-14-6-4-11(24-2)8-15(14)25-17/h3-8H,1-2H3,(H,19,22)(H,20,21,23). The van der Waals surface area contributed by atoms with Gasteiger partial charge in [0.15, 0.2) is 5.13 Å². The van der Waals surface area contributed by atoms with Gasteiger partial charge in [-0.05, 0) is 36.4 Å². The Morgan fingerprint density at radius 1 is 1.16 bits per heavy atom. The Hall–Kier alpha value is -3.00. The summed E-state index contributed by atoms with van der Waals surface area (Å²) < 4.78 is 19.9. The van der Waals surface area contributed by atoms with Crippen LogP contribution in [-0.2, 0) is 4.79 Å². The Bertz CT molecular complexity index is 971. The van der Waals surface area contributed by atoms with Gasteiger partial charge in [-0.15, -0.1) is 0 Å².